The lowest BCUT2D eigenvalue weighted by atomic mass is 10.2. The van der Waals surface area contributed by atoms with Crippen LogP contribution in [-0.2, 0) is 14.3 Å². The molecule has 0 amide bonds. The third-order valence-electron chi connectivity index (χ3n) is 2.67. The van der Waals surface area contributed by atoms with Crippen molar-refractivity contribution >= 4 is 5.97 Å². The topological polar surface area (TPSA) is 59.0 Å². The number of carboxylic acids is 1. The van der Waals surface area contributed by atoms with Gasteiger partial charge >= 0.3 is 5.97 Å². The summed E-state index contributed by atoms with van der Waals surface area (Å²) >= 11 is 0. The van der Waals surface area contributed by atoms with Crippen molar-refractivity contribution in [2.45, 2.75) is 25.9 Å². The lowest BCUT2D eigenvalue weighted by Gasteiger charge is -2.21. The van der Waals surface area contributed by atoms with Crippen molar-refractivity contribution in [3.63, 3.8) is 0 Å². The minimum Gasteiger partial charge on any atom is -0.479 e. The van der Waals surface area contributed by atoms with Gasteiger partial charge in [0.2, 0.25) is 0 Å². The number of ether oxygens (including phenoxy) is 2. The van der Waals surface area contributed by atoms with E-state index in [2.05, 4.69) is 4.90 Å². The number of aliphatic carboxylic acids is 1. The molecule has 1 unspecified atom stereocenters. The molecule has 1 aliphatic heterocycles. The number of carboxylic acid groups (broad SMARTS) is 1. The lowest BCUT2D eigenvalue weighted by molar-refractivity contribution is -0.150. The van der Waals surface area contributed by atoms with Crippen LogP contribution in [0.3, 0.4) is 0 Å². The van der Waals surface area contributed by atoms with Gasteiger partial charge in [0.15, 0.2) is 6.10 Å². The molecule has 94 valence electrons. The van der Waals surface area contributed by atoms with Crippen LogP contribution in [0.4, 0.5) is 0 Å². The zero-order valence-electron chi connectivity index (χ0n) is 9.85. The van der Waals surface area contributed by atoms with Gasteiger partial charge in [-0.2, -0.15) is 0 Å². The largest absolute Gasteiger partial charge is 0.479 e. The zero-order valence-corrected chi connectivity index (χ0v) is 9.85. The average Bonchev–Trinajstić information content (AvgIpc) is 2.52. The third-order valence-corrected chi connectivity index (χ3v) is 2.67. The molecule has 16 heavy (non-hydrogen) atoms. The van der Waals surface area contributed by atoms with Gasteiger partial charge in [0.1, 0.15) is 0 Å². The van der Waals surface area contributed by atoms with Gasteiger partial charge in [-0.3, -0.25) is 0 Å². The van der Waals surface area contributed by atoms with E-state index in [0.29, 0.717) is 13.0 Å². The first-order valence-corrected chi connectivity index (χ1v) is 5.88. The van der Waals surface area contributed by atoms with Crippen LogP contribution in [0.15, 0.2) is 0 Å². The van der Waals surface area contributed by atoms with Crippen LogP contribution in [0.25, 0.3) is 0 Å². The fraction of sp³-hybridized carbons (Fsp3) is 0.909. The van der Waals surface area contributed by atoms with Gasteiger partial charge in [-0.1, -0.05) is 0 Å². The van der Waals surface area contributed by atoms with Gasteiger partial charge in [0.25, 0.3) is 0 Å². The van der Waals surface area contributed by atoms with Crippen LogP contribution in [0.5, 0.6) is 0 Å². The van der Waals surface area contributed by atoms with Crippen molar-refractivity contribution in [2.24, 2.45) is 0 Å². The van der Waals surface area contributed by atoms with Crippen molar-refractivity contribution in [3.8, 4) is 0 Å². The van der Waals surface area contributed by atoms with E-state index < -0.39 is 12.1 Å². The van der Waals surface area contributed by atoms with E-state index in [4.69, 9.17) is 14.6 Å². The Hall–Kier alpha value is -0.650. The molecular formula is C11H21NO4. The SMILES string of the molecule is CCOC(CCN1CCCOCC1)C(=O)O. The number of hydrogen-bond donors (Lipinski definition) is 1. The molecule has 5 heteroatoms. The quantitative estimate of drug-likeness (QED) is 0.725. The highest BCUT2D eigenvalue weighted by molar-refractivity contribution is 5.72. The van der Waals surface area contributed by atoms with Gasteiger partial charge in [0, 0.05) is 32.8 Å². The maximum absolute atomic E-state index is 10.9. The maximum atomic E-state index is 10.9. The van der Waals surface area contributed by atoms with Crippen molar-refractivity contribution in [2.75, 3.05) is 39.5 Å². The van der Waals surface area contributed by atoms with Crippen molar-refractivity contribution in [1.29, 1.82) is 0 Å². The molecule has 1 fully saturated rings. The maximum Gasteiger partial charge on any atom is 0.332 e. The van der Waals surface area contributed by atoms with E-state index in [1.807, 2.05) is 6.92 Å². The Balaban J connectivity index is 2.26. The molecule has 0 bridgehead atoms. The number of nitrogens with zero attached hydrogens (tertiary/aromatic N) is 1. The highest BCUT2D eigenvalue weighted by Gasteiger charge is 2.19. The van der Waals surface area contributed by atoms with Crippen LogP contribution < -0.4 is 0 Å². The normalized spacial score (nSPS) is 20.3. The Kier molecular flexibility index (Phi) is 6.37. The fourth-order valence-electron chi connectivity index (χ4n) is 1.80. The predicted molar refractivity (Wildman–Crippen MR) is 59.5 cm³/mol. The van der Waals surface area contributed by atoms with Crippen LogP contribution in [0.1, 0.15) is 19.8 Å². The molecule has 0 aromatic heterocycles. The van der Waals surface area contributed by atoms with Gasteiger partial charge in [-0.15, -0.1) is 0 Å². The third kappa shape index (κ3) is 4.92. The van der Waals surface area contributed by atoms with Crippen molar-refractivity contribution in [1.82, 2.24) is 4.90 Å². The summed E-state index contributed by atoms with van der Waals surface area (Å²) in [6, 6.07) is 0. The fourth-order valence-corrected chi connectivity index (χ4v) is 1.80. The van der Waals surface area contributed by atoms with Gasteiger partial charge in [0.05, 0.1) is 6.61 Å². The van der Waals surface area contributed by atoms with Gasteiger partial charge in [-0.25, -0.2) is 4.79 Å². The first-order valence-electron chi connectivity index (χ1n) is 5.88. The second-order valence-corrected chi connectivity index (χ2v) is 3.88. The molecule has 0 spiro atoms. The van der Waals surface area contributed by atoms with Crippen LogP contribution >= 0.6 is 0 Å². The number of carbonyl (C=O) groups is 1. The summed E-state index contributed by atoms with van der Waals surface area (Å²) < 4.78 is 10.5. The molecule has 1 atom stereocenters. The highest BCUT2D eigenvalue weighted by atomic mass is 16.5. The summed E-state index contributed by atoms with van der Waals surface area (Å²) in [7, 11) is 0. The molecule has 5 nitrogen and oxygen atoms in total. The molecule has 1 rings (SSSR count). The summed E-state index contributed by atoms with van der Waals surface area (Å²) in [5.74, 6) is -0.868. The molecule has 0 aromatic rings. The molecule has 1 heterocycles. The Morgan fingerprint density at radius 3 is 3.00 bits per heavy atom. The van der Waals surface area contributed by atoms with Crippen LogP contribution in [-0.4, -0.2) is 61.5 Å². The molecule has 1 aliphatic rings. The van der Waals surface area contributed by atoms with E-state index in [1.165, 1.54) is 0 Å². The second kappa shape index (κ2) is 7.60. The average molecular weight is 231 g/mol. The lowest BCUT2D eigenvalue weighted by Crippen LogP contribution is -2.33. The Morgan fingerprint density at radius 1 is 1.50 bits per heavy atom. The number of hydrogen-bond acceptors (Lipinski definition) is 4. The summed E-state index contributed by atoms with van der Waals surface area (Å²) in [4.78, 5) is 13.1. The standard InChI is InChI=1S/C11H21NO4/c1-2-16-10(11(13)14)4-6-12-5-3-8-15-9-7-12/h10H,2-9H2,1H3,(H,13,14). The first kappa shape index (κ1) is 13.4. The highest BCUT2D eigenvalue weighted by Crippen LogP contribution is 2.05. The summed E-state index contributed by atoms with van der Waals surface area (Å²) in [6.45, 7) is 6.45. The zero-order chi connectivity index (χ0) is 11.8. The predicted octanol–water partition coefficient (Wildman–Crippen LogP) is 0.589. The molecule has 0 aliphatic carbocycles. The molecule has 0 aromatic carbocycles. The summed E-state index contributed by atoms with van der Waals surface area (Å²) in [5.41, 5.74) is 0. The van der Waals surface area contributed by atoms with Crippen LogP contribution in [0.2, 0.25) is 0 Å². The summed E-state index contributed by atoms with van der Waals surface area (Å²) in [6.07, 6.45) is 0.893. The molecule has 0 radical (unpaired) electrons. The second-order valence-electron chi connectivity index (χ2n) is 3.88. The Morgan fingerprint density at radius 2 is 2.31 bits per heavy atom. The van der Waals surface area contributed by atoms with Crippen LogP contribution in [0, 0.1) is 0 Å². The molecular weight excluding hydrogens is 210 g/mol. The van der Waals surface area contributed by atoms with Crippen molar-refractivity contribution in [3.05, 3.63) is 0 Å². The molecule has 1 saturated heterocycles. The monoisotopic (exact) mass is 231 g/mol. The minimum absolute atomic E-state index is 0.445. The van der Waals surface area contributed by atoms with E-state index in [-0.39, 0.29) is 0 Å². The summed E-state index contributed by atoms with van der Waals surface area (Å²) in [5, 5.41) is 8.92. The molecule has 1 N–H and O–H groups in total. The Bertz CT molecular complexity index is 202. The van der Waals surface area contributed by atoms with E-state index in [1.54, 1.807) is 0 Å². The van der Waals surface area contributed by atoms with Gasteiger partial charge < -0.3 is 19.5 Å². The van der Waals surface area contributed by atoms with E-state index in [9.17, 15) is 4.79 Å². The smallest absolute Gasteiger partial charge is 0.332 e. The van der Waals surface area contributed by atoms with Crippen molar-refractivity contribution < 1.29 is 19.4 Å². The molecule has 0 saturated carbocycles. The van der Waals surface area contributed by atoms with E-state index in [0.717, 1.165) is 39.3 Å². The minimum atomic E-state index is -0.868. The van der Waals surface area contributed by atoms with Gasteiger partial charge in [-0.05, 0) is 19.8 Å². The first-order chi connectivity index (χ1) is 7.74. The number of rotatable bonds is 6. The Labute approximate surface area is 96.3 Å². The van der Waals surface area contributed by atoms with E-state index >= 15 is 0 Å².